The predicted molar refractivity (Wildman–Crippen MR) is 173 cm³/mol. The summed E-state index contributed by atoms with van der Waals surface area (Å²) >= 11 is 11.1. The smallest absolute Gasteiger partial charge is 0.233 e. The maximum Gasteiger partial charge on any atom is 0.233 e. The monoisotopic (exact) mass is 624 g/mol. The Kier molecular flexibility index (Phi) is 7.17. The number of aromatic amines is 2. The Balaban J connectivity index is 0.00000161. The van der Waals surface area contributed by atoms with Crippen LogP contribution in [0.5, 0.6) is 11.5 Å². The summed E-state index contributed by atoms with van der Waals surface area (Å²) in [4.78, 5) is 38.3. The van der Waals surface area contributed by atoms with E-state index in [1.165, 1.54) is 6.38 Å². The molecule has 2 aromatic heterocycles. The van der Waals surface area contributed by atoms with Crippen LogP contribution in [0.2, 0.25) is 0 Å². The van der Waals surface area contributed by atoms with Crippen LogP contribution in [0, 0.1) is 24.7 Å². The number of alkyl halides is 2. The fourth-order valence-corrected chi connectivity index (χ4v) is 8.43. The van der Waals surface area contributed by atoms with Crippen LogP contribution in [0.1, 0.15) is 61.3 Å². The highest BCUT2D eigenvalue weighted by Crippen LogP contribution is 2.60. The number of H-pyrrole nitrogens is 2. The van der Waals surface area contributed by atoms with Crippen LogP contribution >= 0.6 is 23.2 Å². The average molecular weight is 626 g/mol. The van der Waals surface area contributed by atoms with Crippen LogP contribution in [-0.4, -0.2) is 57.3 Å². The van der Waals surface area contributed by atoms with Crippen LogP contribution in [0.3, 0.4) is 0 Å². The zero-order valence-electron chi connectivity index (χ0n) is 25.2. The zero-order valence-corrected chi connectivity index (χ0v) is 26.7. The van der Waals surface area contributed by atoms with Crippen molar-refractivity contribution in [2.75, 3.05) is 35.2 Å². The number of rotatable bonds is 4. The topological polar surface area (TPSA) is 113 Å². The summed E-state index contributed by atoms with van der Waals surface area (Å²) in [6, 6.07) is 3.38. The van der Waals surface area contributed by atoms with E-state index < -0.39 is 10.8 Å². The molecule has 2 aliphatic heterocycles. The number of carbonyl (C=O) groups excluding carboxylic acids is 2. The van der Waals surface area contributed by atoms with Gasteiger partial charge in [-0.05, 0) is 61.8 Å². The lowest BCUT2D eigenvalue weighted by molar-refractivity contribution is -0.153. The Morgan fingerprint density at radius 1 is 0.953 bits per heavy atom. The lowest BCUT2D eigenvalue weighted by atomic mass is 9.51. The highest BCUT2D eigenvalue weighted by molar-refractivity contribution is 6.19. The van der Waals surface area contributed by atoms with Gasteiger partial charge in [-0.3, -0.25) is 9.59 Å². The van der Waals surface area contributed by atoms with Gasteiger partial charge in [-0.25, -0.2) is 0 Å². The van der Waals surface area contributed by atoms with Gasteiger partial charge < -0.3 is 30.0 Å². The molecule has 1 unspecified atom stereocenters. The Bertz CT molecular complexity index is 1780. The molecule has 8 nitrogen and oxygen atoms in total. The molecule has 1 saturated carbocycles. The molecule has 228 valence electrons. The molecule has 4 N–H and O–H groups in total. The first kappa shape index (κ1) is 29.7. The molecule has 4 heterocycles. The SMILES string of the molecule is CCC1(C(=O)N2CCc3c2cc(O)c2[nH]cc(C)c32)CC(C)(C(=O)N2CC(CCl)c3c2cc(O)c2[nH]cc(C)c32)C1.CCl. The van der Waals surface area contributed by atoms with Crippen molar-refractivity contribution in [2.24, 2.45) is 10.8 Å². The standard InChI is InChI=1S/C32H35ClN4O4.CH3Cl/c1-5-32(30(41)36-7-6-19-20(36)8-22(38)27-24(19)16(2)11-34-27)14-31(4,15-32)29(40)37-13-18(10-33)26-21(37)9-23(39)28-25(26)17(3)12-35-28;1-2/h8-9,11-12,18,34-35,38-39H,5-7,10,13-15H2,1-4H3;1H3. The van der Waals surface area contributed by atoms with Crippen molar-refractivity contribution in [3.05, 3.63) is 46.8 Å². The maximum absolute atomic E-state index is 14.2. The molecule has 2 aromatic carbocycles. The number of fused-ring (bicyclic) bond motifs is 6. The van der Waals surface area contributed by atoms with E-state index in [0.717, 1.165) is 45.1 Å². The maximum atomic E-state index is 14.2. The summed E-state index contributed by atoms with van der Waals surface area (Å²) in [5.41, 5.74) is 5.64. The second-order valence-electron chi connectivity index (χ2n) is 12.7. The molecule has 0 saturated heterocycles. The fourth-order valence-electron chi connectivity index (χ4n) is 8.18. The van der Waals surface area contributed by atoms with E-state index >= 15 is 0 Å². The van der Waals surface area contributed by atoms with Crippen LogP contribution in [0.15, 0.2) is 24.5 Å². The molecule has 43 heavy (non-hydrogen) atoms. The summed E-state index contributed by atoms with van der Waals surface area (Å²) < 4.78 is 0. The van der Waals surface area contributed by atoms with Crippen LogP contribution in [-0.2, 0) is 16.0 Å². The van der Waals surface area contributed by atoms with Crippen LogP contribution in [0.4, 0.5) is 11.4 Å². The van der Waals surface area contributed by atoms with Gasteiger partial charge in [0.05, 0.1) is 27.8 Å². The molecule has 1 fully saturated rings. The van der Waals surface area contributed by atoms with E-state index in [4.69, 9.17) is 11.6 Å². The van der Waals surface area contributed by atoms with Gasteiger partial charge in [0.15, 0.2) is 0 Å². The number of phenols is 2. The van der Waals surface area contributed by atoms with E-state index in [1.807, 2.05) is 45.0 Å². The fraction of sp³-hybridized carbons (Fsp3) is 0.455. The molecular formula is C33H38Cl2N4O4. The van der Waals surface area contributed by atoms with Gasteiger partial charge in [0.25, 0.3) is 0 Å². The number of hydrogen-bond donors (Lipinski definition) is 4. The van der Waals surface area contributed by atoms with Gasteiger partial charge in [0.2, 0.25) is 11.8 Å². The van der Waals surface area contributed by atoms with Crippen molar-refractivity contribution < 1.29 is 19.8 Å². The summed E-state index contributed by atoms with van der Waals surface area (Å²) in [5.74, 6) is 0.571. The van der Waals surface area contributed by atoms with Crippen molar-refractivity contribution in [3.8, 4) is 11.5 Å². The molecule has 0 spiro atoms. The van der Waals surface area contributed by atoms with Gasteiger partial charge in [-0.15, -0.1) is 23.2 Å². The molecular weight excluding hydrogens is 587 g/mol. The molecule has 3 aliphatic rings. The Hall–Kier alpha value is -3.36. The minimum atomic E-state index is -0.715. The molecule has 0 radical (unpaired) electrons. The normalized spacial score (nSPS) is 24.1. The number of aryl methyl sites for hydroxylation is 2. The van der Waals surface area contributed by atoms with Gasteiger partial charge >= 0.3 is 0 Å². The first-order valence-corrected chi connectivity index (χ1v) is 16.1. The third kappa shape index (κ3) is 4.09. The molecule has 1 atom stereocenters. The Morgan fingerprint density at radius 2 is 1.53 bits per heavy atom. The highest BCUT2D eigenvalue weighted by Gasteiger charge is 2.61. The second kappa shape index (κ2) is 10.4. The molecule has 1 aliphatic carbocycles. The van der Waals surface area contributed by atoms with E-state index in [-0.39, 0.29) is 29.2 Å². The summed E-state index contributed by atoms with van der Waals surface area (Å²) in [5, 5.41) is 23.4. The zero-order chi connectivity index (χ0) is 31.0. The summed E-state index contributed by atoms with van der Waals surface area (Å²) in [6.45, 7) is 8.99. The Labute approximate surface area is 261 Å². The van der Waals surface area contributed by atoms with Crippen molar-refractivity contribution in [1.29, 1.82) is 0 Å². The number of aromatic nitrogens is 2. The van der Waals surface area contributed by atoms with Gasteiger partial charge in [0, 0.05) is 72.0 Å². The molecule has 2 amide bonds. The number of hydrogen-bond acceptors (Lipinski definition) is 4. The average Bonchev–Trinajstić information content (AvgIpc) is 3.76. The number of carbonyl (C=O) groups is 2. The molecule has 10 heteroatoms. The minimum Gasteiger partial charge on any atom is -0.506 e. The second-order valence-corrected chi connectivity index (χ2v) is 13.0. The molecule has 0 bridgehead atoms. The summed E-state index contributed by atoms with van der Waals surface area (Å²) in [6.07, 6.45) is 7.49. The number of nitrogens with zero attached hydrogens (tertiary/aromatic N) is 2. The Morgan fingerprint density at radius 3 is 2.14 bits per heavy atom. The third-order valence-electron chi connectivity index (χ3n) is 10.1. The third-order valence-corrected chi connectivity index (χ3v) is 10.5. The van der Waals surface area contributed by atoms with Crippen molar-refractivity contribution >= 4 is 68.2 Å². The minimum absolute atomic E-state index is 0.0266. The number of phenolic OH excluding ortho intramolecular Hbond substituents is 2. The van der Waals surface area contributed by atoms with Crippen molar-refractivity contribution in [1.82, 2.24) is 9.97 Å². The number of amides is 2. The first-order chi connectivity index (χ1) is 20.5. The van der Waals surface area contributed by atoms with Gasteiger partial charge in [0.1, 0.15) is 11.5 Å². The number of nitrogens with one attached hydrogen (secondary N) is 2. The van der Waals surface area contributed by atoms with Crippen LogP contribution in [0.25, 0.3) is 21.8 Å². The van der Waals surface area contributed by atoms with Gasteiger partial charge in [-0.1, -0.05) is 13.8 Å². The number of benzene rings is 2. The number of aromatic hydroxyl groups is 2. The van der Waals surface area contributed by atoms with Crippen molar-refractivity contribution in [3.63, 3.8) is 0 Å². The quantitative estimate of drug-likeness (QED) is 0.183. The van der Waals surface area contributed by atoms with E-state index in [0.29, 0.717) is 55.0 Å². The molecule has 4 aromatic rings. The predicted octanol–water partition coefficient (Wildman–Crippen LogP) is 6.99. The summed E-state index contributed by atoms with van der Waals surface area (Å²) in [7, 11) is 0. The van der Waals surface area contributed by atoms with Crippen molar-refractivity contribution in [2.45, 2.75) is 59.3 Å². The lowest BCUT2D eigenvalue weighted by Crippen LogP contribution is -2.60. The van der Waals surface area contributed by atoms with Gasteiger partial charge in [-0.2, -0.15) is 0 Å². The number of anilines is 2. The van der Waals surface area contributed by atoms with E-state index in [2.05, 4.69) is 21.6 Å². The van der Waals surface area contributed by atoms with Crippen LogP contribution < -0.4 is 9.80 Å². The van der Waals surface area contributed by atoms with E-state index in [1.54, 1.807) is 17.0 Å². The number of halogens is 2. The highest BCUT2D eigenvalue weighted by atomic mass is 35.5. The largest absolute Gasteiger partial charge is 0.506 e. The first-order valence-electron chi connectivity index (χ1n) is 14.8. The van der Waals surface area contributed by atoms with E-state index in [9.17, 15) is 19.8 Å². The molecule has 7 rings (SSSR count). The lowest BCUT2D eigenvalue weighted by Gasteiger charge is -2.54.